The lowest BCUT2D eigenvalue weighted by Gasteiger charge is -2.47. The molecule has 2 heterocycles. The first-order chi connectivity index (χ1) is 20.1. The Morgan fingerprint density at radius 1 is 1.12 bits per heavy atom. The summed E-state index contributed by atoms with van der Waals surface area (Å²) < 4.78 is 14.0. The molecular weight excluding hydrogens is 555 g/mol. The third kappa shape index (κ3) is 5.51. The number of amidine groups is 1. The molecular formula is C32H36ClFN6O2. The van der Waals surface area contributed by atoms with Crippen LogP contribution in [0.1, 0.15) is 86.8 Å². The van der Waals surface area contributed by atoms with Crippen molar-refractivity contribution in [1.82, 2.24) is 10.2 Å². The minimum absolute atomic E-state index is 0.0254. The summed E-state index contributed by atoms with van der Waals surface area (Å²) in [5.41, 5.74) is 1.90. The molecule has 2 aromatic rings. The number of hydrogen-bond donors (Lipinski definition) is 1. The van der Waals surface area contributed by atoms with E-state index in [2.05, 4.69) is 41.3 Å². The maximum atomic E-state index is 14.4. The van der Waals surface area contributed by atoms with E-state index in [1.165, 1.54) is 12.1 Å². The van der Waals surface area contributed by atoms with Gasteiger partial charge in [0.1, 0.15) is 17.2 Å². The second-order valence-electron chi connectivity index (χ2n) is 12.9. The molecule has 0 bridgehead atoms. The highest BCUT2D eigenvalue weighted by Crippen LogP contribution is 2.54. The van der Waals surface area contributed by atoms with Gasteiger partial charge in [-0.15, -0.1) is 5.11 Å². The van der Waals surface area contributed by atoms with Crippen LogP contribution in [0.25, 0.3) is 0 Å². The van der Waals surface area contributed by atoms with Crippen LogP contribution < -0.4 is 5.32 Å². The largest absolute Gasteiger partial charge is 0.345 e. The Morgan fingerprint density at radius 3 is 2.43 bits per heavy atom. The lowest BCUT2D eigenvalue weighted by Crippen LogP contribution is -2.52. The summed E-state index contributed by atoms with van der Waals surface area (Å²) in [6, 6.07) is 11.7. The van der Waals surface area contributed by atoms with Crippen molar-refractivity contribution in [3.05, 3.63) is 70.0 Å². The molecule has 4 aliphatic rings. The van der Waals surface area contributed by atoms with Gasteiger partial charge in [-0.05, 0) is 91.7 Å². The van der Waals surface area contributed by atoms with Gasteiger partial charge in [-0.1, -0.05) is 44.5 Å². The van der Waals surface area contributed by atoms with Crippen molar-refractivity contribution >= 4 is 35.0 Å². The van der Waals surface area contributed by atoms with Gasteiger partial charge in [-0.25, -0.2) is 9.38 Å². The fourth-order valence-electron chi connectivity index (χ4n) is 6.61. The Balaban J connectivity index is 1.31. The van der Waals surface area contributed by atoms with Gasteiger partial charge in [0.15, 0.2) is 12.5 Å². The zero-order valence-electron chi connectivity index (χ0n) is 24.2. The number of halogens is 2. The number of nitrogens with one attached hydrogen (secondary N) is 1. The van der Waals surface area contributed by atoms with E-state index in [4.69, 9.17) is 16.6 Å². The van der Waals surface area contributed by atoms with E-state index in [0.717, 1.165) is 44.1 Å². The van der Waals surface area contributed by atoms with Crippen molar-refractivity contribution < 1.29 is 14.0 Å². The van der Waals surface area contributed by atoms with Gasteiger partial charge in [-0.2, -0.15) is 5.11 Å². The second kappa shape index (κ2) is 11.0. The van der Waals surface area contributed by atoms with E-state index in [-0.39, 0.29) is 34.8 Å². The van der Waals surface area contributed by atoms with Crippen LogP contribution in [0.3, 0.4) is 0 Å². The summed E-state index contributed by atoms with van der Waals surface area (Å²) in [4.78, 5) is 38.5. The summed E-state index contributed by atoms with van der Waals surface area (Å²) in [5, 5.41) is 10.5. The lowest BCUT2D eigenvalue weighted by atomic mass is 9.69. The Hall–Kier alpha value is -3.46. The molecule has 2 saturated carbocycles. The predicted octanol–water partition coefficient (Wildman–Crippen LogP) is 6.75. The summed E-state index contributed by atoms with van der Waals surface area (Å²) in [7, 11) is 0. The Kier molecular flexibility index (Phi) is 7.50. The fourth-order valence-corrected chi connectivity index (χ4v) is 6.80. The third-order valence-electron chi connectivity index (χ3n) is 9.16. The predicted molar refractivity (Wildman–Crippen MR) is 160 cm³/mol. The number of carbonyl (C=O) groups excluding carboxylic acids is 2. The second-order valence-corrected chi connectivity index (χ2v) is 13.3. The number of rotatable bonds is 7. The zero-order valence-corrected chi connectivity index (χ0v) is 25.0. The smallest absolute Gasteiger partial charge is 0.275 e. The molecule has 42 heavy (non-hydrogen) atoms. The average molecular weight is 591 g/mol. The highest BCUT2D eigenvalue weighted by Gasteiger charge is 2.55. The number of carbonyl (C=O) groups is 2. The van der Waals surface area contributed by atoms with E-state index in [1.54, 1.807) is 6.07 Å². The first-order valence-corrected chi connectivity index (χ1v) is 15.1. The van der Waals surface area contributed by atoms with Crippen LogP contribution in [-0.4, -0.2) is 47.1 Å². The molecule has 0 saturated heterocycles. The molecule has 8 nitrogen and oxygen atoms in total. The monoisotopic (exact) mass is 590 g/mol. The topological polar surface area (TPSA) is 98.8 Å². The number of benzene rings is 2. The average Bonchev–Trinajstić information content (AvgIpc) is 3.60. The molecule has 6 rings (SSSR count). The van der Waals surface area contributed by atoms with Crippen molar-refractivity contribution in [1.29, 1.82) is 0 Å². The third-order valence-corrected chi connectivity index (χ3v) is 9.45. The summed E-state index contributed by atoms with van der Waals surface area (Å²) in [6.45, 7) is 7.35. The first-order valence-electron chi connectivity index (χ1n) is 14.7. The summed E-state index contributed by atoms with van der Waals surface area (Å²) in [5.74, 6) is 0.464. The minimum Gasteiger partial charge on any atom is -0.345 e. The SMILES string of the molecule is CC(C)(C)C1CCC2(CC1)N=C(c1ccc(F)c(Cl)c1)C(=O)N2[C@@H](c1ccc(C(=O)NCC2=NCN=N2)cc1)C1CC1. The van der Waals surface area contributed by atoms with Gasteiger partial charge >= 0.3 is 0 Å². The molecule has 220 valence electrons. The molecule has 1 atom stereocenters. The molecule has 1 N–H and O–H groups in total. The van der Waals surface area contributed by atoms with Crippen LogP contribution >= 0.6 is 11.6 Å². The molecule has 0 aromatic heterocycles. The van der Waals surface area contributed by atoms with Gasteiger partial charge in [0.25, 0.3) is 11.8 Å². The highest BCUT2D eigenvalue weighted by atomic mass is 35.5. The number of hydrogen-bond acceptors (Lipinski definition) is 6. The molecule has 1 spiro atoms. The molecule has 2 aromatic carbocycles. The van der Waals surface area contributed by atoms with Gasteiger partial charge in [0.2, 0.25) is 0 Å². The zero-order chi connectivity index (χ0) is 29.6. The van der Waals surface area contributed by atoms with Gasteiger partial charge in [0.05, 0.1) is 17.6 Å². The van der Waals surface area contributed by atoms with E-state index in [1.807, 2.05) is 29.2 Å². The summed E-state index contributed by atoms with van der Waals surface area (Å²) >= 11 is 6.14. The van der Waals surface area contributed by atoms with E-state index in [9.17, 15) is 14.0 Å². The molecule has 2 aliphatic heterocycles. The molecule has 10 heteroatoms. The van der Waals surface area contributed by atoms with E-state index < -0.39 is 11.5 Å². The number of amides is 2. The highest BCUT2D eigenvalue weighted by molar-refractivity contribution is 6.47. The van der Waals surface area contributed by atoms with E-state index >= 15 is 0 Å². The lowest BCUT2D eigenvalue weighted by molar-refractivity contribution is -0.134. The van der Waals surface area contributed by atoms with Crippen molar-refractivity contribution in [2.45, 2.75) is 71.0 Å². The Bertz CT molecular complexity index is 1480. The van der Waals surface area contributed by atoms with Gasteiger partial charge in [0, 0.05) is 11.1 Å². The van der Waals surface area contributed by atoms with Crippen molar-refractivity contribution in [3.63, 3.8) is 0 Å². The van der Waals surface area contributed by atoms with Gasteiger partial charge in [-0.3, -0.25) is 14.6 Å². The maximum absolute atomic E-state index is 14.4. The van der Waals surface area contributed by atoms with Crippen LogP contribution in [0, 0.1) is 23.1 Å². The summed E-state index contributed by atoms with van der Waals surface area (Å²) in [6.07, 6.45) is 5.51. The van der Waals surface area contributed by atoms with Crippen LogP contribution in [0.15, 0.2) is 62.7 Å². The van der Waals surface area contributed by atoms with Crippen LogP contribution in [-0.2, 0) is 4.79 Å². The first kappa shape index (κ1) is 28.6. The standard InChI is InChI=1S/C32H36ClFN6O2/c1-31(2,3)23-12-14-32(15-13-23)38-27(22-10-11-25(34)24(33)16-22)30(42)40(32)28(19-4-5-19)20-6-8-21(9-7-20)29(41)35-17-26-36-18-37-39-26/h6-11,16,19,23,28H,4-5,12-15,17-18H2,1-3H3,(H,35,41)/t23?,28-,32?/m1/s1. The van der Waals surface area contributed by atoms with Crippen LogP contribution in [0.2, 0.25) is 5.02 Å². The Morgan fingerprint density at radius 2 is 1.83 bits per heavy atom. The number of aliphatic imine (C=N–C) groups is 2. The molecule has 2 amide bonds. The maximum Gasteiger partial charge on any atom is 0.275 e. The normalized spacial score (nSPS) is 24.6. The van der Waals surface area contributed by atoms with Crippen LogP contribution in [0.4, 0.5) is 4.39 Å². The van der Waals surface area contributed by atoms with E-state index in [0.29, 0.717) is 41.2 Å². The van der Waals surface area contributed by atoms with Crippen molar-refractivity contribution in [2.24, 2.45) is 37.5 Å². The molecule has 0 radical (unpaired) electrons. The fraction of sp³-hybridized carbons (Fsp3) is 0.500. The minimum atomic E-state index is -0.672. The van der Waals surface area contributed by atoms with Crippen LogP contribution in [0.5, 0.6) is 0 Å². The molecule has 2 fully saturated rings. The van der Waals surface area contributed by atoms with Crippen molar-refractivity contribution in [2.75, 3.05) is 13.2 Å². The number of nitrogens with zero attached hydrogens (tertiary/aromatic N) is 5. The molecule has 2 aliphatic carbocycles. The number of azo groups is 1. The Labute approximate surface area is 250 Å². The molecule has 0 unspecified atom stereocenters. The quantitative estimate of drug-likeness (QED) is 0.386. The van der Waals surface area contributed by atoms with Gasteiger partial charge < -0.3 is 10.2 Å². The van der Waals surface area contributed by atoms with Crippen molar-refractivity contribution in [3.8, 4) is 0 Å².